The molecule has 2 aromatic rings. The largest absolute Gasteiger partial charge is 0.332 e. The Morgan fingerprint density at radius 1 is 1.37 bits per heavy atom. The molecular formula is C11H6ClN5O2. The third kappa shape index (κ3) is 2.75. The fourth-order valence-electron chi connectivity index (χ4n) is 1.39. The van der Waals surface area contributed by atoms with E-state index in [1.165, 1.54) is 30.6 Å². The summed E-state index contributed by atoms with van der Waals surface area (Å²) in [6.07, 6.45) is 2.81. The molecule has 94 valence electrons. The van der Waals surface area contributed by atoms with Gasteiger partial charge >= 0.3 is 0 Å². The Morgan fingerprint density at radius 2 is 2.11 bits per heavy atom. The summed E-state index contributed by atoms with van der Waals surface area (Å²) >= 11 is 5.81. The van der Waals surface area contributed by atoms with E-state index in [4.69, 9.17) is 16.9 Å². The topological polar surface area (TPSA) is 105 Å². The first kappa shape index (κ1) is 12.7. The first-order valence-corrected chi connectivity index (χ1v) is 5.41. The number of nitro benzene ring substituents is 1. The monoisotopic (exact) mass is 275 g/mol. The lowest BCUT2D eigenvalue weighted by atomic mass is 10.2. The Kier molecular flexibility index (Phi) is 3.54. The predicted molar refractivity (Wildman–Crippen MR) is 68.1 cm³/mol. The zero-order chi connectivity index (χ0) is 13.8. The third-order valence-electron chi connectivity index (χ3n) is 2.23. The second kappa shape index (κ2) is 5.29. The average Bonchev–Trinajstić information content (AvgIpc) is 2.41. The van der Waals surface area contributed by atoms with Crippen molar-refractivity contribution in [3.8, 4) is 6.07 Å². The van der Waals surface area contributed by atoms with E-state index in [9.17, 15) is 10.1 Å². The van der Waals surface area contributed by atoms with Crippen molar-refractivity contribution in [3.05, 3.63) is 51.4 Å². The van der Waals surface area contributed by atoms with Crippen molar-refractivity contribution in [3.63, 3.8) is 0 Å². The summed E-state index contributed by atoms with van der Waals surface area (Å²) in [4.78, 5) is 18.1. The number of nitrogens with one attached hydrogen (secondary N) is 1. The maximum absolute atomic E-state index is 11.0. The highest BCUT2D eigenvalue weighted by Gasteiger charge is 2.16. The fraction of sp³-hybridized carbons (Fsp3) is 0. The fourth-order valence-corrected chi connectivity index (χ4v) is 1.54. The van der Waals surface area contributed by atoms with Crippen LogP contribution < -0.4 is 5.32 Å². The van der Waals surface area contributed by atoms with Crippen LogP contribution in [0.4, 0.5) is 17.2 Å². The van der Waals surface area contributed by atoms with Gasteiger partial charge in [0, 0.05) is 18.5 Å². The lowest BCUT2D eigenvalue weighted by molar-refractivity contribution is -0.383. The van der Waals surface area contributed by atoms with Crippen LogP contribution in [0.15, 0.2) is 30.6 Å². The molecular weight excluding hydrogens is 270 g/mol. The predicted octanol–water partition coefficient (Wildman–Crippen LogP) is 2.65. The van der Waals surface area contributed by atoms with Gasteiger partial charge in [0.15, 0.2) is 11.0 Å². The molecule has 0 atom stereocenters. The Balaban J connectivity index is 2.43. The normalized spacial score (nSPS) is 9.68. The van der Waals surface area contributed by atoms with Crippen molar-refractivity contribution in [2.24, 2.45) is 0 Å². The lowest BCUT2D eigenvalue weighted by Gasteiger charge is -2.07. The van der Waals surface area contributed by atoms with Crippen molar-refractivity contribution in [1.82, 2.24) is 9.97 Å². The highest BCUT2D eigenvalue weighted by Crippen LogP contribution is 2.29. The molecule has 1 aromatic heterocycles. The number of halogens is 1. The zero-order valence-corrected chi connectivity index (χ0v) is 10.1. The number of anilines is 2. The van der Waals surface area contributed by atoms with E-state index in [1.54, 1.807) is 0 Å². The van der Waals surface area contributed by atoms with Crippen molar-refractivity contribution in [1.29, 1.82) is 5.26 Å². The van der Waals surface area contributed by atoms with E-state index in [-0.39, 0.29) is 27.9 Å². The number of hydrogen-bond acceptors (Lipinski definition) is 6. The summed E-state index contributed by atoms with van der Waals surface area (Å²) in [7, 11) is 0. The standard InChI is InChI=1S/C11H6ClN5O2/c12-10-11(15-4-3-14-10)16-8-2-1-7(6-13)5-9(8)17(18)19/h1-5H,(H,15,16). The number of rotatable bonds is 3. The average molecular weight is 276 g/mol. The van der Waals surface area contributed by atoms with Gasteiger partial charge in [0.1, 0.15) is 5.69 Å². The summed E-state index contributed by atoms with van der Waals surface area (Å²) < 4.78 is 0. The SMILES string of the molecule is N#Cc1ccc(Nc2nccnc2Cl)c([N+](=O)[O-])c1. The minimum Gasteiger partial charge on any atom is -0.332 e. The molecule has 1 aromatic carbocycles. The quantitative estimate of drug-likeness (QED) is 0.682. The molecule has 0 radical (unpaired) electrons. The molecule has 0 saturated carbocycles. The number of aromatic nitrogens is 2. The molecule has 2 rings (SSSR count). The van der Waals surface area contributed by atoms with E-state index in [0.717, 1.165) is 0 Å². The number of nitrogens with zero attached hydrogens (tertiary/aromatic N) is 4. The summed E-state index contributed by atoms with van der Waals surface area (Å²) in [5.74, 6) is 0.206. The zero-order valence-electron chi connectivity index (χ0n) is 9.37. The summed E-state index contributed by atoms with van der Waals surface area (Å²) in [6.45, 7) is 0. The Morgan fingerprint density at radius 3 is 2.74 bits per heavy atom. The number of benzene rings is 1. The first-order valence-electron chi connectivity index (χ1n) is 5.04. The smallest absolute Gasteiger partial charge is 0.294 e. The van der Waals surface area contributed by atoms with Gasteiger partial charge in [0.25, 0.3) is 5.69 Å². The van der Waals surface area contributed by atoms with E-state index < -0.39 is 4.92 Å². The molecule has 0 saturated heterocycles. The highest BCUT2D eigenvalue weighted by molar-refractivity contribution is 6.31. The van der Waals surface area contributed by atoms with Crippen LogP contribution in [-0.2, 0) is 0 Å². The van der Waals surface area contributed by atoms with Crippen molar-refractivity contribution >= 4 is 28.8 Å². The van der Waals surface area contributed by atoms with Crippen LogP contribution in [0.1, 0.15) is 5.56 Å². The molecule has 7 nitrogen and oxygen atoms in total. The molecule has 1 N–H and O–H groups in total. The summed E-state index contributed by atoms with van der Waals surface area (Å²) in [5, 5.41) is 22.5. The van der Waals surface area contributed by atoms with Gasteiger partial charge in [0.05, 0.1) is 16.6 Å². The molecule has 0 spiro atoms. The van der Waals surface area contributed by atoms with E-state index >= 15 is 0 Å². The highest BCUT2D eigenvalue weighted by atomic mass is 35.5. The molecule has 8 heteroatoms. The van der Waals surface area contributed by atoms with Gasteiger partial charge in [-0.2, -0.15) is 5.26 Å². The van der Waals surface area contributed by atoms with E-state index in [0.29, 0.717) is 0 Å². The van der Waals surface area contributed by atoms with Gasteiger partial charge in [-0.15, -0.1) is 0 Å². The minimum atomic E-state index is -0.590. The van der Waals surface area contributed by atoms with E-state index in [2.05, 4.69) is 15.3 Å². The van der Waals surface area contributed by atoms with Crippen LogP contribution in [0, 0.1) is 21.4 Å². The second-order valence-corrected chi connectivity index (χ2v) is 3.78. The maximum atomic E-state index is 11.0. The van der Waals surface area contributed by atoms with Gasteiger partial charge in [0.2, 0.25) is 0 Å². The van der Waals surface area contributed by atoms with Crippen molar-refractivity contribution < 1.29 is 4.92 Å². The van der Waals surface area contributed by atoms with Gasteiger partial charge in [-0.25, -0.2) is 9.97 Å². The van der Waals surface area contributed by atoms with Crippen LogP contribution in [0.2, 0.25) is 5.15 Å². The van der Waals surface area contributed by atoms with Crippen molar-refractivity contribution in [2.75, 3.05) is 5.32 Å². The number of nitriles is 1. The summed E-state index contributed by atoms with van der Waals surface area (Å²) in [5.41, 5.74) is 0.148. The Bertz CT molecular complexity index is 683. The summed E-state index contributed by atoms with van der Waals surface area (Å²) in [6, 6.07) is 5.89. The molecule has 1 heterocycles. The molecule has 0 aliphatic rings. The van der Waals surface area contributed by atoms with Gasteiger partial charge in [-0.1, -0.05) is 11.6 Å². The molecule has 0 bridgehead atoms. The third-order valence-corrected chi connectivity index (χ3v) is 2.51. The van der Waals surface area contributed by atoms with Crippen molar-refractivity contribution in [2.45, 2.75) is 0 Å². The van der Waals surface area contributed by atoms with E-state index in [1.807, 2.05) is 6.07 Å². The van der Waals surface area contributed by atoms with Gasteiger partial charge < -0.3 is 5.32 Å². The molecule has 0 unspecified atom stereocenters. The molecule has 0 fully saturated rings. The van der Waals surface area contributed by atoms with Crippen LogP contribution >= 0.6 is 11.6 Å². The minimum absolute atomic E-state index is 0.0983. The van der Waals surface area contributed by atoms with Crippen LogP contribution in [0.25, 0.3) is 0 Å². The molecule has 0 aliphatic carbocycles. The molecule has 0 amide bonds. The Labute approximate surface area is 112 Å². The van der Waals surface area contributed by atoms with Crippen LogP contribution in [0.5, 0.6) is 0 Å². The number of hydrogen-bond donors (Lipinski definition) is 1. The van der Waals surface area contributed by atoms with Crippen LogP contribution in [0.3, 0.4) is 0 Å². The lowest BCUT2D eigenvalue weighted by Crippen LogP contribution is -2.00. The molecule has 0 aliphatic heterocycles. The van der Waals surface area contributed by atoms with Crippen LogP contribution in [-0.4, -0.2) is 14.9 Å². The first-order chi connectivity index (χ1) is 9.11. The maximum Gasteiger partial charge on any atom is 0.294 e. The second-order valence-electron chi connectivity index (χ2n) is 3.42. The number of nitro groups is 1. The van der Waals surface area contributed by atoms with Gasteiger partial charge in [-0.05, 0) is 12.1 Å². The Hall–Kier alpha value is -2.72. The molecule has 19 heavy (non-hydrogen) atoms. The van der Waals surface area contributed by atoms with Gasteiger partial charge in [-0.3, -0.25) is 10.1 Å².